The van der Waals surface area contributed by atoms with Crippen LogP contribution in [0, 0.1) is 0 Å². The number of benzene rings is 1. The van der Waals surface area contributed by atoms with Crippen molar-refractivity contribution in [2.24, 2.45) is 0 Å². The minimum atomic E-state index is -4.29. The Morgan fingerprint density at radius 1 is 1.24 bits per heavy atom. The van der Waals surface area contributed by atoms with Crippen LogP contribution in [-0.4, -0.2) is 16.8 Å². The van der Waals surface area contributed by atoms with E-state index in [1.807, 2.05) is 13.2 Å². The highest BCUT2D eigenvalue weighted by Gasteiger charge is 2.29. The molecule has 0 fully saturated rings. The number of halogens is 3. The summed E-state index contributed by atoms with van der Waals surface area (Å²) >= 11 is 0. The second kappa shape index (κ2) is 6.30. The summed E-state index contributed by atoms with van der Waals surface area (Å²) in [5, 5.41) is 7.44. The fourth-order valence-corrected chi connectivity index (χ4v) is 2.24. The van der Waals surface area contributed by atoms with Gasteiger partial charge in [-0.3, -0.25) is 4.68 Å². The van der Waals surface area contributed by atoms with E-state index in [0.717, 1.165) is 29.7 Å². The topological polar surface area (TPSA) is 29.9 Å². The number of aromatic nitrogens is 2. The molecule has 114 valence electrons. The van der Waals surface area contributed by atoms with Crippen LogP contribution in [0.3, 0.4) is 0 Å². The molecule has 1 unspecified atom stereocenters. The Hall–Kier alpha value is -1.82. The molecule has 1 aromatic carbocycles. The third-order valence-electron chi connectivity index (χ3n) is 3.44. The van der Waals surface area contributed by atoms with E-state index in [2.05, 4.69) is 17.3 Å². The van der Waals surface area contributed by atoms with E-state index in [9.17, 15) is 13.2 Å². The van der Waals surface area contributed by atoms with E-state index in [1.165, 1.54) is 12.1 Å². The van der Waals surface area contributed by atoms with Crippen LogP contribution in [0.2, 0.25) is 0 Å². The van der Waals surface area contributed by atoms with Crippen LogP contribution in [0.5, 0.6) is 0 Å². The van der Waals surface area contributed by atoms with Crippen molar-refractivity contribution in [2.45, 2.75) is 32.1 Å². The van der Waals surface area contributed by atoms with Crippen molar-refractivity contribution in [2.75, 3.05) is 7.05 Å². The van der Waals surface area contributed by atoms with E-state index in [4.69, 9.17) is 0 Å². The quantitative estimate of drug-likeness (QED) is 0.913. The molecule has 0 radical (unpaired) electrons. The summed E-state index contributed by atoms with van der Waals surface area (Å²) in [6.45, 7) is 2.53. The van der Waals surface area contributed by atoms with Crippen LogP contribution in [0.15, 0.2) is 36.7 Å². The lowest BCUT2D eigenvalue weighted by Crippen LogP contribution is -2.14. The molecule has 2 rings (SSSR count). The number of alkyl halides is 3. The molecule has 0 bridgehead atoms. The molecule has 1 atom stereocenters. The van der Waals surface area contributed by atoms with Gasteiger partial charge in [0, 0.05) is 17.8 Å². The number of hydrogen-bond donors (Lipinski definition) is 1. The van der Waals surface area contributed by atoms with Gasteiger partial charge in [0.1, 0.15) is 0 Å². The third-order valence-corrected chi connectivity index (χ3v) is 3.44. The van der Waals surface area contributed by atoms with Crippen molar-refractivity contribution in [1.29, 1.82) is 0 Å². The maximum absolute atomic E-state index is 12.5. The molecule has 0 saturated carbocycles. The van der Waals surface area contributed by atoms with Gasteiger partial charge in [-0.15, -0.1) is 0 Å². The molecular weight excluding hydrogens is 279 g/mol. The molecule has 0 aliphatic heterocycles. The van der Waals surface area contributed by atoms with Crippen LogP contribution >= 0.6 is 0 Å². The molecule has 21 heavy (non-hydrogen) atoms. The summed E-state index contributed by atoms with van der Waals surface area (Å²) in [4.78, 5) is 0. The molecule has 0 aliphatic carbocycles. The van der Waals surface area contributed by atoms with Gasteiger partial charge in [0.05, 0.1) is 18.3 Å². The van der Waals surface area contributed by atoms with Crippen LogP contribution in [0.25, 0.3) is 0 Å². The summed E-state index contributed by atoms with van der Waals surface area (Å²) in [6.07, 6.45) is 0.359. The maximum atomic E-state index is 12.5. The summed E-state index contributed by atoms with van der Waals surface area (Å²) < 4.78 is 39.2. The fraction of sp³-hybridized carbons (Fsp3) is 0.400. The number of nitrogens with one attached hydrogen (secondary N) is 1. The van der Waals surface area contributed by atoms with Gasteiger partial charge < -0.3 is 5.32 Å². The minimum Gasteiger partial charge on any atom is -0.313 e. The summed E-state index contributed by atoms with van der Waals surface area (Å²) in [7, 11) is 1.89. The normalized spacial score (nSPS) is 13.4. The predicted octanol–water partition coefficient (Wildman–Crippen LogP) is 3.62. The van der Waals surface area contributed by atoms with Crippen molar-refractivity contribution in [3.8, 4) is 0 Å². The monoisotopic (exact) mass is 297 g/mol. The van der Waals surface area contributed by atoms with Crippen LogP contribution in [0.4, 0.5) is 13.2 Å². The zero-order valence-electron chi connectivity index (χ0n) is 12.0. The highest BCUT2D eigenvalue weighted by molar-refractivity contribution is 5.25. The average molecular weight is 297 g/mol. The smallest absolute Gasteiger partial charge is 0.313 e. The Morgan fingerprint density at radius 3 is 2.43 bits per heavy atom. The van der Waals surface area contributed by atoms with E-state index in [0.29, 0.717) is 6.54 Å². The van der Waals surface area contributed by atoms with E-state index in [-0.39, 0.29) is 6.04 Å². The Kier molecular flexibility index (Phi) is 4.67. The standard InChI is InChI=1S/C15H18F3N3/c1-3-14(19-2)12-8-20-21(10-12)9-11-4-6-13(7-5-11)15(16,17)18/h4-8,10,14,19H,3,9H2,1-2H3. The Labute approximate surface area is 121 Å². The molecule has 0 aliphatic rings. The highest BCUT2D eigenvalue weighted by Crippen LogP contribution is 2.29. The largest absolute Gasteiger partial charge is 0.416 e. The number of rotatable bonds is 5. The fourth-order valence-electron chi connectivity index (χ4n) is 2.24. The Morgan fingerprint density at radius 2 is 1.90 bits per heavy atom. The van der Waals surface area contributed by atoms with E-state index < -0.39 is 11.7 Å². The van der Waals surface area contributed by atoms with Crippen molar-refractivity contribution in [3.05, 3.63) is 53.3 Å². The van der Waals surface area contributed by atoms with E-state index >= 15 is 0 Å². The molecule has 2 aromatic rings. The predicted molar refractivity (Wildman–Crippen MR) is 74.9 cm³/mol. The number of nitrogens with zero attached hydrogens (tertiary/aromatic N) is 2. The summed E-state index contributed by atoms with van der Waals surface area (Å²) in [5.74, 6) is 0. The molecule has 1 N–H and O–H groups in total. The third kappa shape index (κ3) is 3.85. The second-order valence-electron chi connectivity index (χ2n) is 4.92. The first-order valence-electron chi connectivity index (χ1n) is 6.79. The highest BCUT2D eigenvalue weighted by atomic mass is 19.4. The molecule has 1 aromatic heterocycles. The van der Waals surface area contributed by atoms with Gasteiger partial charge in [0.15, 0.2) is 0 Å². The SMILES string of the molecule is CCC(NC)c1cnn(Cc2ccc(C(F)(F)F)cc2)c1. The molecule has 1 heterocycles. The lowest BCUT2D eigenvalue weighted by atomic mass is 10.1. The zero-order valence-corrected chi connectivity index (χ0v) is 12.0. The van der Waals surface area contributed by atoms with Crippen molar-refractivity contribution >= 4 is 0 Å². The molecule has 0 spiro atoms. The van der Waals surface area contributed by atoms with Gasteiger partial charge in [0.25, 0.3) is 0 Å². The summed E-state index contributed by atoms with van der Waals surface area (Å²) in [5.41, 5.74) is 1.23. The van der Waals surface area contributed by atoms with Crippen molar-refractivity contribution in [1.82, 2.24) is 15.1 Å². The van der Waals surface area contributed by atoms with Gasteiger partial charge in [-0.2, -0.15) is 18.3 Å². The van der Waals surface area contributed by atoms with Gasteiger partial charge in [-0.05, 0) is 31.2 Å². The Balaban J connectivity index is 2.08. The molecular formula is C15H18F3N3. The van der Waals surface area contributed by atoms with Crippen LogP contribution in [-0.2, 0) is 12.7 Å². The van der Waals surface area contributed by atoms with Crippen LogP contribution < -0.4 is 5.32 Å². The Bertz CT molecular complexity index is 569. The average Bonchev–Trinajstić information content (AvgIpc) is 2.88. The van der Waals surface area contributed by atoms with Crippen molar-refractivity contribution < 1.29 is 13.2 Å². The number of hydrogen-bond acceptors (Lipinski definition) is 2. The first-order valence-corrected chi connectivity index (χ1v) is 6.79. The maximum Gasteiger partial charge on any atom is 0.416 e. The van der Waals surface area contributed by atoms with Gasteiger partial charge in [0.2, 0.25) is 0 Å². The first-order chi connectivity index (χ1) is 9.94. The summed E-state index contributed by atoms with van der Waals surface area (Å²) in [6, 6.07) is 5.41. The van der Waals surface area contributed by atoms with Gasteiger partial charge in [-0.1, -0.05) is 19.1 Å². The lowest BCUT2D eigenvalue weighted by molar-refractivity contribution is -0.137. The van der Waals surface area contributed by atoms with Crippen LogP contribution in [0.1, 0.15) is 36.1 Å². The lowest BCUT2D eigenvalue weighted by Gasteiger charge is -2.10. The zero-order chi connectivity index (χ0) is 15.5. The van der Waals surface area contributed by atoms with Gasteiger partial charge >= 0.3 is 6.18 Å². The molecule has 6 heteroatoms. The minimum absolute atomic E-state index is 0.242. The van der Waals surface area contributed by atoms with E-state index in [1.54, 1.807) is 10.9 Å². The first kappa shape index (κ1) is 15.6. The second-order valence-corrected chi connectivity index (χ2v) is 4.92. The van der Waals surface area contributed by atoms with Gasteiger partial charge in [-0.25, -0.2) is 0 Å². The molecule has 3 nitrogen and oxygen atoms in total. The molecule has 0 amide bonds. The molecule has 0 saturated heterocycles. The van der Waals surface area contributed by atoms with Crippen molar-refractivity contribution in [3.63, 3.8) is 0 Å².